The maximum Gasteiger partial charge on any atom is 0.104 e. The molecule has 16 heavy (non-hydrogen) atoms. The van der Waals surface area contributed by atoms with Crippen LogP contribution in [0.2, 0.25) is 0 Å². The lowest BCUT2D eigenvalue weighted by molar-refractivity contribution is 0.00176. The van der Waals surface area contributed by atoms with Gasteiger partial charge in [0.15, 0.2) is 0 Å². The molecule has 0 amide bonds. The lowest BCUT2D eigenvalue weighted by atomic mass is 10.0. The highest BCUT2D eigenvalue weighted by atomic mass is 16.6. The molecule has 1 aliphatic heterocycles. The Morgan fingerprint density at radius 3 is 2.81 bits per heavy atom. The molecule has 4 nitrogen and oxygen atoms in total. The van der Waals surface area contributed by atoms with Crippen molar-refractivity contribution in [2.45, 2.75) is 13.3 Å². The van der Waals surface area contributed by atoms with E-state index in [0.717, 1.165) is 18.7 Å². The summed E-state index contributed by atoms with van der Waals surface area (Å²) in [6.07, 6.45) is 0.925. The standard InChI is InChI=1S/C12H17N3O/c1-9-2-4-11(5-3-9)15-12(13)10-6-7-16-14-8-10/h2-5,10,14H,6-8H2,1H3,(H2,13,15). The summed E-state index contributed by atoms with van der Waals surface area (Å²) in [4.78, 5) is 9.48. The minimum Gasteiger partial charge on any atom is -0.387 e. The minimum absolute atomic E-state index is 0.273. The number of hydrogen-bond donors (Lipinski definition) is 2. The number of nitrogens with two attached hydrogens (primary N) is 1. The van der Waals surface area contributed by atoms with Gasteiger partial charge in [-0.3, -0.25) is 0 Å². The number of amidine groups is 1. The summed E-state index contributed by atoms with van der Waals surface area (Å²) in [7, 11) is 0. The van der Waals surface area contributed by atoms with Gasteiger partial charge in [0.2, 0.25) is 0 Å². The number of aliphatic imine (C=N–C) groups is 1. The second kappa shape index (κ2) is 5.09. The first kappa shape index (κ1) is 11.1. The van der Waals surface area contributed by atoms with Crippen molar-refractivity contribution in [1.29, 1.82) is 0 Å². The molecule has 0 spiro atoms. The van der Waals surface area contributed by atoms with E-state index in [9.17, 15) is 0 Å². The molecule has 0 saturated carbocycles. The molecular formula is C12H17N3O. The van der Waals surface area contributed by atoms with Crippen molar-refractivity contribution < 1.29 is 4.84 Å². The zero-order chi connectivity index (χ0) is 11.4. The SMILES string of the molecule is Cc1ccc(N=C(N)C2CCONC2)cc1. The van der Waals surface area contributed by atoms with E-state index >= 15 is 0 Å². The molecule has 0 aromatic heterocycles. The third-order valence-electron chi connectivity index (χ3n) is 2.71. The molecule has 1 fully saturated rings. The second-order valence-corrected chi connectivity index (χ2v) is 4.05. The maximum atomic E-state index is 5.97. The van der Waals surface area contributed by atoms with E-state index in [-0.39, 0.29) is 5.92 Å². The first-order valence-electron chi connectivity index (χ1n) is 5.51. The monoisotopic (exact) mass is 219 g/mol. The fourth-order valence-electron chi connectivity index (χ4n) is 1.65. The maximum absolute atomic E-state index is 5.97. The Morgan fingerprint density at radius 2 is 2.19 bits per heavy atom. The van der Waals surface area contributed by atoms with Crippen molar-refractivity contribution in [3.8, 4) is 0 Å². The van der Waals surface area contributed by atoms with E-state index in [1.807, 2.05) is 24.3 Å². The van der Waals surface area contributed by atoms with Crippen LogP contribution < -0.4 is 11.2 Å². The summed E-state index contributed by atoms with van der Waals surface area (Å²) in [5.74, 6) is 0.953. The van der Waals surface area contributed by atoms with Gasteiger partial charge in [-0.15, -0.1) is 0 Å². The smallest absolute Gasteiger partial charge is 0.104 e. The molecule has 1 aromatic carbocycles. The minimum atomic E-state index is 0.273. The number of nitrogens with one attached hydrogen (secondary N) is 1. The van der Waals surface area contributed by atoms with Gasteiger partial charge in [-0.2, -0.15) is 0 Å². The van der Waals surface area contributed by atoms with Crippen LogP contribution in [0.4, 0.5) is 5.69 Å². The molecule has 0 radical (unpaired) electrons. The Balaban J connectivity index is 2.07. The summed E-state index contributed by atoms with van der Waals surface area (Å²) in [5, 5.41) is 0. The Morgan fingerprint density at radius 1 is 1.44 bits per heavy atom. The fourth-order valence-corrected chi connectivity index (χ4v) is 1.65. The number of nitrogens with zero attached hydrogens (tertiary/aromatic N) is 1. The molecule has 1 atom stereocenters. The van der Waals surface area contributed by atoms with Gasteiger partial charge < -0.3 is 10.6 Å². The van der Waals surface area contributed by atoms with Crippen molar-refractivity contribution in [2.24, 2.45) is 16.6 Å². The number of hydrogen-bond acceptors (Lipinski definition) is 3. The van der Waals surface area contributed by atoms with Crippen LogP contribution in [0.25, 0.3) is 0 Å². The van der Waals surface area contributed by atoms with Crippen LogP contribution in [-0.4, -0.2) is 19.0 Å². The van der Waals surface area contributed by atoms with Crippen LogP contribution in [0.3, 0.4) is 0 Å². The first-order chi connectivity index (χ1) is 7.75. The summed E-state index contributed by atoms with van der Waals surface area (Å²) in [6.45, 7) is 3.48. The van der Waals surface area contributed by atoms with Gasteiger partial charge in [0.1, 0.15) is 5.84 Å². The molecular weight excluding hydrogens is 202 g/mol. The molecule has 1 heterocycles. The third-order valence-corrected chi connectivity index (χ3v) is 2.71. The Kier molecular flexibility index (Phi) is 3.54. The number of hydroxylamine groups is 1. The average Bonchev–Trinajstić information content (AvgIpc) is 2.33. The van der Waals surface area contributed by atoms with Crippen LogP contribution in [0.1, 0.15) is 12.0 Å². The molecule has 1 unspecified atom stereocenters. The van der Waals surface area contributed by atoms with Gasteiger partial charge in [0.25, 0.3) is 0 Å². The van der Waals surface area contributed by atoms with Gasteiger partial charge in [-0.05, 0) is 25.5 Å². The fraction of sp³-hybridized carbons (Fsp3) is 0.417. The van der Waals surface area contributed by atoms with E-state index in [0.29, 0.717) is 12.4 Å². The van der Waals surface area contributed by atoms with Crippen molar-refractivity contribution in [1.82, 2.24) is 5.48 Å². The summed E-state index contributed by atoms with van der Waals surface area (Å²) < 4.78 is 0. The zero-order valence-electron chi connectivity index (χ0n) is 9.44. The van der Waals surface area contributed by atoms with E-state index in [2.05, 4.69) is 17.4 Å². The van der Waals surface area contributed by atoms with E-state index < -0.39 is 0 Å². The topological polar surface area (TPSA) is 59.6 Å². The van der Waals surface area contributed by atoms with Gasteiger partial charge in [0.05, 0.1) is 12.3 Å². The van der Waals surface area contributed by atoms with Crippen LogP contribution in [0.15, 0.2) is 29.3 Å². The highest BCUT2D eigenvalue weighted by Crippen LogP contribution is 2.15. The van der Waals surface area contributed by atoms with E-state index in [1.165, 1.54) is 5.56 Å². The zero-order valence-corrected chi connectivity index (χ0v) is 9.44. The molecule has 3 N–H and O–H groups in total. The van der Waals surface area contributed by atoms with E-state index in [4.69, 9.17) is 10.6 Å². The molecule has 4 heteroatoms. The van der Waals surface area contributed by atoms with Crippen molar-refractivity contribution in [3.05, 3.63) is 29.8 Å². The Hall–Kier alpha value is -1.39. The van der Waals surface area contributed by atoms with Crippen LogP contribution >= 0.6 is 0 Å². The lowest BCUT2D eigenvalue weighted by Crippen LogP contribution is -2.38. The molecule has 0 aliphatic carbocycles. The largest absolute Gasteiger partial charge is 0.387 e. The highest BCUT2D eigenvalue weighted by Gasteiger charge is 2.17. The number of rotatable bonds is 2. The molecule has 2 rings (SSSR count). The van der Waals surface area contributed by atoms with Crippen molar-refractivity contribution >= 4 is 11.5 Å². The number of benzene rings is 1. The molecule has 86 valence electrons. The van der Waals surface area contributed by atoms with Crippen LogP contribution in [0, 0.1) is 12.8 Å². The van der Waals surface area contributed by atoms with Gasteiger partial charge in [0, 0.05) is 12.5 Å². The molecule has 0 bridgehead atoms. The molecule has 1 aromatic rings. The van der Waals surface area contributed by atoms with Gasteiger partial charge in [-0.25, -0.2) is 10.5 Å². The predicted octanol–water partition coefficient (Wildman–Crippen LogP) is 1.52. The van der Waals surface area contributed by atoms with E-state index in [1.54, 1.807) is 0 Å². The summed E-state index contributed by atoms with van der Waals surface area (Å²) in [6, 6.07) is 8.03. The first-order valence-corrected chi connectivity index (χ1v) is 5.51. The third kappa shape index (κ3) is 2.81. The number of aryl methyl sites for hydroxylation is 1. The van der Waals surface area contributed by atoms with Gasteiger partial charge >= 0.3 is 0 Å². The van der Waals surface area contributed by atoms with Gasteiger partial charge in [-0.1, -0.05) is 17.7 Å². The van der Waals surface area contributed by atoms with Crippen molar-refractivity contribution in [2.75, 3.05) is 13.2 Å². The quantitative estimate of drug-likeness (QED) is 0.585. The Bertz CT molecular complexity index is 366. The summed E-state index contributed by atoms with van der Waals surface area (Å²) in [5.41, 5.74) is 11.0. The normalized spacial score (nSPS) is 22.1. The van der Waals surface area contributed by atoms with Crippen LogP contribution in [0.5, 0.6) is 0 Å². The van der Waals surface area contributed by atoms with Crippen LogP contribution in [-0.2, 0) is 4.84 Å². The highest BCUT2D eigenvalue weighted by molar-refractivity contribution is 5.85. The second-order valence-electron chi connectivity index (χ2n) is 4.05. The Labute approximate surface area is 95.5 Å². The molecule has 1 saturated heterocycles. The summed E-state index contributed by atoms with van der Waals surface area (Å²) >= 11 is 0. The van der Waals surface area contributed by atoms with Crippen molar-refractivity contribution in [3.63, 3.8) is 0 Å². The predicted molar refractivity (Wildman–Crippen MR) is 64.5 cm³/mol. The average molecular weight is 219 g/mol. The molecule has 1 aliphatic rings. The lowest BCUT2D eigenvalue weighted by Gasteiger charge is -2.21.